The number of nitrogens with one attached hydrogen (secondary N) is 1. The molecule has 0 amide bonds. The molecule has 3 rings (SSSR count). The Morgan fingerprint density at radius 1 is 1.32 bits per heavy atom. The highest BCUT2D eigenvalue weighted by Gasteiger charge is 2.13. The Labute approximate surface area is 132 Å². The number of fused-ring (bicyclic) bond motifs is 1. The number of anilines is 1. The van der Waals surface area contributed by atoms with Crippen LogP contribution >= 0.6 is 11.6 Å². The molecule has 0 spiro atoms. The van der Waals surface area contributed by atoms with Crippen molar-refractivity contribution < 1.29 is 4.42 Å². The van der Waals surface area contributed by atoms with E-state index >= 15 is 0 Å². The molecule has 8 heteroatoms. The summed E-state index contributed by atoms with van der Waals surface area (Å²) in [4.78, 5) is 1.96. The minimum Gasteiger partial charge on any atom is -0.407 e. The molecule has 0 bridgehead atoms. The highest BCUT2D eigenvalue weighted by Crippen LogP contribution is 2.26. The number of aromatic nitrogens is 4. The Balaban J connectivity index is 1.78. The maximum absolute atomic E-state index is 6.28. The number of aryl methyl sites for hydroxylation is 1. The lowest BCUT2D eigenvalue weighted by molar-refractivity contribution is 0.344. The second kappa shape index (κ2) is 5.94. The normalized spacial score (nSPS) is 11.5. The molecule has 0 saturated carbocycles. The van der Waals surface area contributed by atoms with Crippen LogP contribution in [-0.4, -0.2) is 39.0 Å². The van der Waals surface area contributed by atoms with E-state index in [1.165, 1.54) is 0 Å². The molecule has 0 aliphatic carbocycles. The average Bonchev–Trinajstić information content (AvgIpc) is 3.02. The van der Waals surface area contributed by atoms with Gasteiger partial charge in [-0.3, -0.25) is 4.68 Å². The number of hydrogen-bond donors (Lipinski definition) is 1. The van der Waals surface area contributed by atoms with Crippen LogP contribution < -0.4 is 5.32 Å². The van der Waals surface area contributed by atoms with Crippen molar-refractivity contribution in [3.05, 3.63) is 34.8 Å². The first kappa shape index (κ1) is 14.8. The Hall–Kier alpha value is -2.12. The largest absolute Gasteiger partial charge is 0.407 e. The summed E-state index contributed by atoms with van der Waals surface area (Å²) in [5, 5.41) is 17.2. The van der Waals surface area contributed by atoms with Gasteiger partial charge >= 0.3 is 6.01 Å². The van der Waals surface area contributed by atoms with Gasteiger partial charge in [0.15, 0.2) is 0 Å². The fraction of sp³-hybridized carbons (Fsp3) is 0.357. The van der Waals surface area contributed by atoms with Gasteiger partial charge in [0.25, 0.3) is 0 Å². The average molecular weight is 321 g/mol. The molecule has 0 atom stereocenters. The number of halogens is 1. The molecule has 0 radical (unpaired) electrons. The quantitative estimate of drug-likeness (QED) is 0.777. The molecule has 0 aliphatic heterocycles. The lowest BCUT2D eigenvalue weighted by Crippen LogP contribution is -2.10. The maximum Gasteiger partial charge on any atom is 0.315 e. The van der Waals surface area contributed by atoms with E-state index in [4.69, 9.17) is 16.0 Å². The number of benzene rings is 1. The van der Waals surface area contributed by atoms with Gasteiger partial charge in [0.1, 0.15) is 0 Å². The third-order valence-electron chi connectivity index (χ3n) is 3.22. The molecule has 7 nitrogen and oxygen atoms in total. The van der Waals surface area contributed by atoms with Crippen molar-refractivity contribution in [2.75, 3.05) is 19.4 Å². The van der Waals surface area contributed by atoms with E-state index in [2.05, 4.69) is 20.6 Å². The Kier molecular flexibility index (Phi) is 4.00. The zero-order chi connectivity index (χ0) is 15.7. The minimum atomic E-state index is 0.378. The van der Waals surface area contributed by atoms with Crippen LogP contribution in [0.1, 0.15) is 11.6 Å². The third kappa shape index (κ3) is 2.90. The molecule has 22 heavy (non-hydrogen) atoms. The van der Waals surface area contributed by atoms with Gasteiger partial charge in [-0.25, -0.2) is 0 Å². The van der Waals surface area contributed by atoms with Crippen LogP contribution in [0.4, 0.5) is 6.01 Å². The summed E-state index contributed by atoms with van der Waals surface area (Å²) in [5.41, 5.74) is 1.83. The minimum absolute atomic E-state index is 0.378. The third-order valence-corrected chi connectivity index (χ3v) is 3.54. The fourth-order valence-electron chi connectivity index (χ4n) is 2.30. The smallest absolute Gasteiger partial charge is 0.315 e. The first-order chi connectivity index (χ1) is 10.5. The predicted molar refractivity (Wildman–Crippen MR) is 84.7 cm³/mol. The van der Waals surface area contributed by atoms with Gasteiger partial charge in [-0.1, -0.05) is 22.8 Å². The van der Waals surface area contributed by atoms with Gasteiger partial charge in [-0.15, -0.1) is 5.10 Å². The zero-order valence-corrected chi connectivity index (χ0v) is 13.4. The molecule has 2 heterocycles. The monoisotopic (exact) mass is 320 g/mol. The number of hydrogen-bond acceptors (Lipinski definition) is 6. The maximum atomic E-state index is 6.28. The summed E-state index contributed by atoms with van der Waals surface area (Å²) in [6, 6.07) is 6.13. The van der Waals surface area contributed by atoms with Crippen molar-refractivity contribution in [3.8, 4) is 0 Å². The number of nitrogens with zero attached hydrogens (tertiary/aromatic N) is 5. The Morgan fingerprint density at radius 2 is 2.14 bits per heavy atom. The van der Waals surface area contributed by atoms with Crippen molar-refractivity contribution >= 4 is 28.5 Å². The van der Waals surface area contributed by atoms with E-state index in [0.717, 1.165) is 16.6 Å². The highest BCUT2D eigenvalue weighted by atomic mass is 35.5. The first-order valence-corrected chi connectivity index (χ1v) is 7.23. The molecule has 116 valence electrons. The first-order valence-electron chi connectivity index (χ1n) is 6.85. The van der Waals surface area contributed by atoms with Crippen LogP contribution in [0, 0.1) is 0 Å². The van der Waals surface area contributed by atoms with E-state index in [0.29, 0.717) is 30.0 Å². The van der Waals surface area contributed by atoms with Crippen molar-refractivity contribution in [2.24, 2.45) is 7.05 Å². The summed E-state index contributed by atoms with van der Waals surface area (Å²) in [6.07, 6.45) is 0. The Bertz CT molecular complexity index is 794. The molecule has 0 fully saturated rings. The van der Waals surface area contributed by atoms with Gasteiger partial charge in [-0.2, -0.15) is 5.10 Å². The van der Waals surface area contributed by atoms with E-state index in [1.54, 1.807) is 0 Å². The fourth-order valence-corrected chi connectivity index (χ4v) is 2.57. The van der Waals surface area contributed by atoms with Crippen LogP contribution in [0.15, 0.2) is 22.6 Å². The van der Waals surface area contributed by atoms with Crippen molar-refractivity contribution in [2.45, 2.75) is 13.1 Å². The van der Waals surface area contributed by atoms with Gasteiger partial charge in [0, 0.05) is 12.4 Å². The van der Waals surface area contributed by atoms with Crippen LogP contribution in [0.2, 0.25) is 5.02 Å². The molecule has 1 aromatic carbocycles. The second-order valence-corrected chi connectivity index (χ2v) is 5.70. The second-order valence-electron chi connectivity index (χ2n) is 5.30. The molecule has 0 aliphatic rings. The summed E-state index contributed by atoms with van der Waals surface area (Å²) < 4.78 is 7.33. The van der Waals surface area contributed by atoms with Gasteiger partial charge in [0.2, 0.25) is 5.89 Å². The summed E-state index contributed by atoms with van der Waals surface area (Å²) in [7, 11) is 5.78. The SMILES string of the molecule is CN(C)Cc1nnc(NCc2nn(C)c3cccc(Cl)c23)o1. The van der Waals surface area contributed by atoms with Crippen LogP contribution in [0.25, 0.3) is 10.9 Å². The topological polar surface area (TPSA) is 72.0 Å². The highest BCUT2D eigenvalue weighted by molar-refractivity contribution is 6.35. The van der Waals surface area contributed by atoms with E-state index in [9.17, 15) is 0 Å². The standard InChI is InChI=1S/C14H17ClN6O/c1-20(2)8-12-17-18-14(22-12)16-7-10-13-9(15)5-4-6-11(13)21(3)19-10/h4-6H,7-8H2,1-3H3,(H,16,18). The summed E-state index contributed by atoms with van der Waals surface area (Å²) in [6.45, 7) is 1.07. The van der Waals surface area contributed by atoms with E-state index in [1.807, 2.05) is 48.9 Å². The van der Waals surface area contributed by atoms with E-state index in [-0.39, 0.29) is 0 Å². The molecule has 0 saturated heterocycles. The molecule has 0 unspecified atom stereocenters. The lowest BCUT2D eigenvalue weighted by atomic mass is 10.2. The van der Waals surface area contributed by atoms with Gasteiger partial charge in [-0.05, 0) is 26.2 Å². The van der Waals surface area contributed by atoms with E-state index < -0.39 is 0 Å². The lowest BCUT2D eigenvalue weighted by Gasteiger charge is -2.03. The summed E-state index contributed by atoms with van der Waals surface area (Å²) in [5.74, 6) is 0.566. The zero-order valence-electron chi connectivity index (χ0n) is 12.7. The van der Waals surface area contributed by atoms with Crippen LogP contribution in [0.5, 0.6) is 0 Å². The van der Waals surface area contributed by atoms with Crippen LogP contribution in [-0.2, 0) is 20.1 Å². The molecule has 3 aromatic rings. The molecule has 2 aromatic heterocycles. The van der Waals surface area contributed by atoms with Crippen molar-refractivity contribution in [1.82, 2.24) is 24.9 Å². The van der Waals surface area contributed by atoms with Crippen molar-refractivity contribution in [1.29, 1.82) is 0 Å². The molecule has 1 N–H and O–H groups in total. The Morgan fingerprint density at radius 3 is 2.91 bits per heavy atom. The van der Waals surface area contributed by atoms with Gasteiger partial charge in [0.05, 0.1) is 29.3 Å². The molecular formula is C14H17ClN6O. The van der Waals surface area contributed by atoms with Crippen LogP contribution in [0.3, 0.4) is 0 Å². The van der Waals surface area contributed by atoms with Crippen molar-refractivity contribution in [3.63, 3.8) is 0 Å². The predicted octanol–water partition coefficient (Wildman–Crippen LogP) is 2.28. The summed E-state index contributed by atoms with van der Waals surface area (Å²) >= 11 is 6.28. The number of rotatable bonds is 5. The van der Waals surface area contributed by atoms with Gasteiger partial charge < -0.3 is 14.6 Å². The molecular weight excluding hydrogens is 304 g/mol.